The van der Waals surface area contributed by atoms with Crippen LogP contribution in [0.2, 0.25) is 0 Å². The van der Waals surface area contributed by atoms with Gasteiger partial charge in [-0.3, -0.25) is 9.59 Å². The second-order valence-corrected chi connectivity index (χ2v) is 6.20. The van der Waals surface area contributed by atoms with Gasteiger partial charge >= 0.3 is 11.9 Å². The third-order valence-electron chi connectivity index (χ3n) is 4.19. The van der Waals surface area contributed by atoms with Gasteiger partial charge in [-0.05, 0) is 19.8 Å². The molecule has 0 unspecified atom stereocenters. The second kappa shape index (κ2) is 8.06. The molecule has 0 radical (unpaired) electrons. The molecule has 5 atom stereocenters. The van der Waals surface area contributed by atoms with Crippen LogP contribution in [0.1, 0.15) is 52.9 Å². The first-order valence-corrected chi connectivity index (χ1v) is 8.18. The molecule has 1 heterocycles. The lowest BCUT2D eigenvalue weighted by Gasteiger charge is -2.42. The highest BCUT2D eigenvalue weighted by molar-refractivity contribution is 5.67. The van der Waals surface area contributed by atoms with E-state index in [1.165, 1.54) is 13.8 Å². The van der Waals surface area contributed by atoms with E-state index in [1.54, 1.807) is 6.92 Å². The van der Waals surface area contributed by atoms with E-state index in [4.69, 9.17) is 18.9 Å². The molecule has 0 amide bonds. The standard InChI is InChI=1S/C16H25FO6/c1-9-14(21-10(2)18)15(22-11(3)19)13(17)16(20-9)23-12-7-5-4-6-8-12/h9,12-16H,4-8H2,1-3H3/t9-,13-,14+,15-,16-/m0/s1. The molecule has 0 N–H and O–H groups in total. The number of hydrogen-bond donors (Lipinski definition) is 0. The van der Waals surface area contributed by atoms with Crippen LogP contribution in [0.25, 0.3) is 0 Å². The summed E-state index contributed by atoms with van der Waals surface area (Å²) in [6.45, 7) is 4.05. The zero-order valence-corrected chi connectivity index (χ0v) is 13.8. The molecule has 2 aliphatic rings. The molecular formula is C16H25FO6. The van der Waals surface area contributed by atoms with Gasteiger partial charge in [0.2, 0.25) is 0 Å². The maximum absolute atomic E-state index is 14.8. The van der Waals surface area contributed by atoms with Crippen molar-refractivity contribution >= 4 is 11.9 Å². The number of carbonyl (C=O) groups is 2. The van der Waals surface area contributed by atoms with Crippen molar-refractivity contribution in [2.75, 3.05) is 0 Å². The van der Waals surface area contributed by atoms with Crippen molar-refractivity contribution in [2.45, 2.75) is 89.8 Å². The van der Waals surface area contributed by atoms with Gasteiger partial charge in [0.15, 0.2) is 24.7 Å². The summed E-state index contributed by atoms with van der Waals surface area (Å²) >= 11 is 0. The molecule has 6 nitrogen and oxygen atoms in total. The number of alkyl halides is 1. The minimum absolute atomic E-state index is 0.0533. The smallest absolute Gasteiger partial charge is 0.303 e. The molecule has 1 aliphatic carbocycles. The first kappa shape index (κ1) is 18.1. The van der Waals surface area contributed by atoms with Crippen LogP contribution in [0.4, 0.5) is 4.39 Å². The molecular weight excluding hydrogens is 307 g/mol. The average molecular weight is 332 g/mol. The van der Waals surface area contributed by atoms with Crippen molar-refractivity contribution < 1.29 is 32.9 Å². The van der Waals surface area contributed by atoms with E-state index in [0.29, 0.717) is 0 Å². The van der Waals surface area contributed by atoms with E-state index < -0.39 is 42.7 Å². The average Bonchev–Trinajstić information content (AvgIpc) is 2.48. The summed E-state index contributed by atoms with van der Waals surface area (Å²) in [6, 6.07) is 0. The van der Waals surface area contributed by atoms with Crippen LogP contribution >= 0.6 is 0 Å². The zero-order valence-electron chi connectivity index (χ0n) is 13.8. The molecule has 2 rings (SSSR count). The van der Waals surface area contributed by atoms with Gasteiger partial charge in [-0.15, -0.1) is 0 Å². The van der Waals surface area contributed by atoms with Crippen molar-refractivity contribution in [1.29, 1.82) is 0 Å². The lowest BCUT2D eigenvalue weighted by molar-refractivity contribution is -0.296. The predicted molar refractivity (Wildman–Crippen MR) is 78.3 cm³/mol. The summed E-state index contributed by atoms with van der Waals surface area (Å²) in [5.41, 5.74) is 0. The summed E-state index contributed by atoms with van der Waals surface area (Å²) in [4.78, 5) is 22.5. The van der Waals surface area contributed by atoms with Crippen molar-refractivity contribution in [1.82, 2.24) is 0 Å². The van der Waals surface area contributed by atoms with E-state index in [2.05, 4.69) is 0 Å². The molecule has 0 aromatic rings. The first-order chi connectivity index (χ1) is 10.9. The SMILES string of the molecule is CC(=O)O[C@H]1[C@H](F)[C@H](OC2CCCCC2)O[C@@H](C)[C@H]1OC(C)=O. The summed E-state index contributed by atoms with van der Waals surface area (Å²) in [5.74, 6) is -1.22. The Morgan fingerprint density at radius 1 is 1.00 bits per heavy atom. The Labute approximate surface area is 135 Å². The van der Waals surface area contributed by atoms with E-state index >= 15 is 0 Å². The van der Waals surface area contributed by atoms with E-state index in [0.717, 1.165) is 32.1 Å². The number of halogens is 1. The highest BCUT2D eigenvalue weighted by Gasteiger charge is 2.50. The summed E-state index contributed by atoms with van der Waals surface area (Å²) in [5, 5.41) is 0. The predicted octanol–water partition coefficient (Wildman–Crippen LogP) is 2.28. The molecule has 1 saturated heterocycles. The number of ether oxygens (including phenoxy) is 4. The van der Waals surface area contributed by atoms with Gasteiger partial charge in [0.25, 0.3) is 0 Å². The maximum atomic E-state index is 14.8. The zero-order chi connectivity index (χ0) is 17.0. The summed E-state index contributed by atoms with van der Waals surface area (Å²) < 4.78 is 36.2. The van der Waals surface area contributed by atoms with Crippen LogP contribution in [0.15, 0.2) is 0 Å². The molecule has 2 fully saturated rings. The molecule has 0 aromatic heterocycles. The maximum Gasteiger partial charge on any atom is 0.303 e. The van der Waals surface area contributed by atoms with Crippen LogP contribution in [-0.4, -0.2) is 48.8 Å². The Morgan fingerprint density at radius 3 is 2.13 bits per heavy atom. The lowest BCUT2D eigenvalue weighted by atomic mass is 9.97. The molecule has 23 heavy (non-hydrogen) atoms. The van der Waals surface area contributed by atoms with Crippen LogP contribution in [0.3, 0.4) is 0 Å². The van der Waals surface area contributed by atoms with Gasteiger partial charge in [0.1, 0.15) is 0 Å². The Hall–Kier alpha value is -1.21. The summed E-state index contributed by atoms with van der Waals surface area (Å²) in [6.07, 6.45) is -0.742. The quantitative estimate of drug-likeness (QED) is 0.736. The van der Waals surface area contributed by atoms with Gasteiger partial charge in [0, 0.05) is 13.8 Å². The third-order valence-corrected chi connectivity index (χ3v) is 4.19. The van der Waals surface area contributed by atoms with Gasteiger partial charge in [0.05, 0.1) is 12.2 Å². The first-order valence-electron chi connectivity index (χ1n) is 8.18. The van der Waals surface area contributed by atoms with Gasteiger partial charge in [-0.25, -0.2) is 4.39 Å². The Bertz CT molecular complexity index is 423. The number of carbonyl (C=O) groups excluding carboxylic acids is 2. The molecule has 132 valence electrons. The van der Waals surface area contributed by atoms with E-state index in [1.807, 2.05) is 0 Å². The van der Waals surface area contributed by atoms with Gasteiger partial charge in [-0.1, -0.05) is 19.3 Å². The third kappa shape index (κ3) is 4.88. The van der Waals surface area contributed by atoms with Gasteiger partial charge in [-0.2, -0.15) is 0 Å². The molecule has 0 bridgehead atoms. The Kier molecular flexibility index (Phi) is 6.35. The Morgan fingerprint density at radius 2 is 1.57 bits per heavy atom. The molecule has 0 aromatic carbocycles. The van der Waals surface area contributed by atoms with Gasteiger partial charge < -0.3 is 18.9 Å². The highest BCUT2D eigenvalue weighted by Crippen LogP contribution is 2.31. The van der Waals surface area contributed by atoms with Crippen LogP contribution in [0.5, 0.6) is 0 Å². The van der Waals surface area contributed by atoms with E-state index in [9.17, 15) is 14.0 Å². The van der Waals surface area contributed by atoms with Crippen molar-refractivity contribution in [3.05, 3.63) is 0 Å². The topological polar surface area (TPSA) is 71.1 Å². The monoisotopic (exact) mass is 332 g/mol. The molecule has 7 heteroatoms. The van der Waals surface area contributed by atoms with E-state index in [-0.39, 0.29) is 6.10 Å². The minimum Gasteiger partial charge on any atom is -0.456 e. The van der Waals surface area contributed by atoms with Crippen LogP contribution in [-0.2, 0) is 28.5 Å². The number of esters is 2. The molecule has 0 spiro atoms. The second-order valence-electron chi connectivity index (χ2n) is 6.20. The fraction of sp³-hybridized carbons (Fsp3) is 0.875. The summed E-state index contributed by atoms with van der Waals surface area (Å²) in [7, 11) is 0. The number of rotatable bonds is 4. The molecule has 1 saturated carbocycles. The fourth-order valence-corrected chi connectivity index (χ4v) is 3.14. The number of hydrogen-bond acceptors (Lipinski definition) is 6. The van der Waals surface area contributed by atoms with Crippen molar-refractivity contribution in [3.63, 3.8) is 0 Å². The Balaban J connectivity index is 2.07. The van der Waals surface area contributed by atoms with Crippen LogP contribution in [0, 0.1) is 0 Å². The largest absolute Gasteiger partial charge is 0.456 e. The highest BCUT2D eigenvalue weighted by atomic mass is 19.1. The minimum atomic E-state index is -1.71. The van der Waals surface area contributed by atoms with Crippen molar-refractivity contribution in [2.24, 2.45) is 0 Å². The fourth-order valence-electron chi connectivity index (χ4n) is 3.14. The van der Waals surface area contributed by atoms with Crippen molar-refractivity contribution in [3.8, 4) is 0 Å². The molecule has 1 aliphatic heterocycles. The van der Waals surface area contributed by atoms with Crippen LogP contribution < -0.4 is 0 Å². The lowest BCUT2D eigenvalue weighted by Crippen LogP contribution is -2.59. The normalized spacial score (nSPS) is 35.6.